The highest BCUT2D eigenvalue weighted by Crippen LogP contribution is 2.40. The molecule has 0 saturated carbocycles. The Morgan fingerprint density at radius 2 is 1.83 bits per heavy atom. The fraction of sp³-hybridized carbons (Fsp3) is 0.269. The van der Waals surface area contributed by atoms with Crippen LogP contribution in [0.5, 0.6) is 11.5 Å². The van der Waals surface area contributed by atoms with E-state index >= 15 is 0 Å². The summed E-state index contributed by atoms with van der Waals surface area (Å²) in [5, 5.41) is 0. The highest BCUT2D eigenvalue weighted by atomic mass is 32.2. The fourth-order valence-corrected chi connectivity index (χ4v) is 4.88. The second-order valence-electron chi connectivity index (χ2n) is 8.83. The lowest BCUT2D eigenvalue weighted by molar-refractivity contribution is -0.131. The third-order valence-corrected chi connectivity index (χ3v) is 6.85. The van der Waals surface area contributed by atoms with Gasteiger partial charge in [0.05, 0.1) is 12.9 Å². The van der Waals surface area contributed by atoms with E-state index < -0.39 is 22.9 Å². The second-order valence-corrected chi connectivity index (χ2v) is 9.96. The first kappa shape index (κ1) is 25.7. The third-order valence-electron chi connectivity index (χ3n) is 6.11. The summed E-state index contributed by atoms with van der Waals surface area (Å²) in [5.74, 6) is 0.608. The summed E-state index contributed by atoms with van der Waals surface area (Å²) in [5.41, 5.74) is -3.79. The molecule has 1 aliphatic rings. The van der Waals surface area contributed by atoms with Gasteiger partial charge in [0.15, 0.2) is 6.29 Å². The van der Waals surface area contributed by atoms with Gasteiger partial charge < -0.3 is 9.64 Å². The monoisotopic (exact) mass is 515 g/mol. The molecule has 0 N–H and O–H groups in total. The van der Waals surface area contributed by atoms with Crippen molar-refractivity contribution in [3.05, 3.63) is 78.6 Å². The van der Waals surface area contributed by atoms with E-state index in [2.05, 4.69) is 4.98 Å². The number of aldehydes is 1. The number of benzene rings is 2. The summed E-state index contributed by atoms with van der Waals surface area (Å²) in [6, 6.07) is 16.1. The Morgan fingerprint density at radius 1 is 1.14 bits per heavy atom. The van der Waals surface area contributed by atoms with Crippen LogP contribution in [0, 0.1) is 0 Å². The van der Waals surface area contributed by atoms with E-state index in [1.807, 2.05) is 55.1 Å². The Kier molecular flexibility index (Phi) is 7.37. The molecule has 1 aromatic heterocycles. The number of nitrogens with zero attached hydrogens (tertiary/aromatic N) is 3. The van der Waals surface area contributed by atoms with Crippen LogP contribution in [0.4, 0.5) is 18.9 Å². The van der Waals surface area contributed by atoms with E-state index in [4.69, 9.17) is 4.74 Å². The van der Waals surface area contributed by atoms with E-state index in [0.29, 0.717) is 30.0 Å². The van der Waals surface area contributed by atoms with Crippen molar-refractivity contribution in [3.63, 3.8) is 0 Å². The molecule has 6 nitrogen and oxygen atoms in total. The number of pyridine rings is 1. The molecule has 1 atom stereocenters. The highest BCUT2D eigenvalue weighted by Gasteiger charge is 2.50. The number of para-hydroxylation sites is 1. The maximum Gasteiger partial charge on any atom is 0.446 e. The van der Waals surface area contributed by atoms with E-state index in [1.165, 1.54) is 24.3 Å². The molecule has 3 aromatic rings. The van der Waals surface area contributed by atoms with Gasteiger partial charge >= 0.3 is 5.51 Å². The van der Waals surface area contributed by atoms with Crippen LogP contribution in [-0.4, -0.2) is 45.7 Å². The minimum atomic E-state index is -4.39. The van der Waals surface area contributed by atoms with Crippen molar-refractivity contribution in [2.45, 2.75) is 42.4 Å². The summed E-state index contributed by atoms with van der Waals surface area (Å²) in [7, 11) is 0. The molecule has 2 aromatic carbocycles. The number of Topliss-reactive ketones (excluding diaryl/α,β-unsaturated/α-hetero) is 1. The van der Waals surface area contributed by atoms with Crippen molar-refractivity contribution in [2.75, 3.05) is 11.6 Å². The molecule has 10 heteroatoms. The van der Waals surface area contributed by atoms with Gasteiger partial charge in [-0.25, -0.2) is 0 Å². The highest BCUT2D eigenvalue weighted by molar-refractivity contribution is 8.00. The number of anilines is 1. The third kappa shape index (κ3) is 5.71. The van der Waals surface area contributed by atoms with Crippen molar-refractivity contribution in [1.82, 2.24) is 9.88 Å². The predicted octanol–water partition coefficient (Wildman–Crippen LogP) is 5.68. The molecule has 1 saturated heterocycles. The van der Waals surface area contributed by atoms with Crippen molar-refractivity contribution in [2.24, 2.45) is 0 Å². The number of carbonyl (C=O) groups excluding carboxylic acids is 2. The largest absolute Gasteiger partial charge is 0.455 e. The van der Waals surface area contributed by atoms with Gasteiger partial charge in [-0.2, -0.15) is 13.2 Å². The number of ketones is 1. The van der Waals surface area contributed by atoms with Crippen LogP contribution in [0.25, 0.3) is 0 Å². The molecule has 0 radical (unpaired) electrons. The van der Waals surface area contributed by atoms with Crippen molar-refractivity contribution < 1.29 is 27.5 Å². The molecule has 4 rings (SSSR count). The van der Waals surface area contributed by atoms with Crippen LogP contribution in [0.2, 0.25) is 0 Å². The lowest BCUT2D eigenvalue weighted by atomic mass is 9.90. The first-order valence-corrected chi connectivity index (χ1v) is 11.9. The van der Waals surface area contributed by atoms with Gasteiger partial charge in [0, 0.05) is 34.4 Å². The van der Waals surface area contributed by atoms with Crippen molar-refractivity contribution in [3.8, 4) is 11.5 Å². The van der Waals surface area contributed by atoms with Gasteiger partial charge in [-0.1, -0.05) is 18.2 Å². The van der Waals surface area contributed by atoms with Crippen LogP contribution < -0.4 is 9.64 Å². The molecule has 0 bridgehead atoms. The minimum Gasteiger partial charge on any atom is -0.455 e. The van der Waals surface area contributed by atoms with E-state index in [1.54, 1.807) is 17.3 Å². The van der Waals surface area contributed by atoms with Gasteiger partial charge in [0.2, 0.25) is 5.78 Å². The second kappa shape index (κ2) is 10.3. The normalized spacial score (nSPS) is 17.7. The summed E-state index contributed by atoms with van der Waals surface area (Å²) in [6.45, 7) is 4.40. The van der Waals surface area contributed by atoms with E-state index in [9.17, 15) is 22.8 Å². The zero-order chi connectivity index (χ0) is 25.9. The zero-order valence-corrected chi connectivity index (χ0v) is 20.4. The molecule has 1 unspecified atom stereocenters. The van der Waals surface area contributed by atoms with Crippen LogP contribution in [0.1, 0.15) is 19.4 Å². The molecule has 1 aliphatic heterocycles. The van der Waals surface area contributed by atoms with E-state index in [-0.39, 0.29) is 23.3 Å². The quantitative estimate of drug-likeness (QED) is 0.217. The molecule has 1 fully saturated rings. The number of aromatic nitrogens is 1. The molecule has 0 spiro atoms. The fourth-order valence-electron chi connectivity index (χ4n) is 4.34. The minimum absolute atomic E-state index is 0.0410. The average molecular weight is 516 g/mol. The van der Waals surface area contributed by atoms with Crippen molar-refractivity contribution in [1.29, 1.82) is 0 Å². The van der Waals surface area contributed by atoms with E-state index in [0.717, 1.165) is 5.56 Å². The number of halogens is 3. The maximum atomic E-state index is 12.8. The zero-order valence-electron chi connectivity index (χ0n) is 19.6. The Labute approximate surface area is 211 Å². The van der Waals surface area contributed by atoms with Gasteiger partial charge in [-0.15, -0.1) is 0 Å². The molecule has 0 aliphatic carbocycles. The van der Waals surface area contributed by atoms with Crippen LogP contribution in [-0.2, 0) is 16.1 Å². The number of rotatable bonds is 8. The van der Waals surface area contributed by atoms with Gasteiger partial charge in [0.25, 0.3) is 0 Å². The number of carbonyl (C=O) groups is 2. The first-order valence-electron chi connectivity index (χ1n) is 11.1. The Morgan fingerprint density at radius 3 is 2.47 bits per heavy atom. The smallest absolute Gasteiger partial charge is 0.446 e. The standard InChI is InChI=1S/C26H24F3N3O3S/c1-25(2)24(22(34)16-33)32(19-8-10-21(11-9-19)36-26(27,28)29)17-31(25)15-18-12-13-30-14-23(18)35-20-6-4-3-5-7-20/h3-14,16,24H,15,17H2,1-2H3. The molecular weight excluding hydrogens is 491 g/mol. The summed E-state index contributed by atoms with van der Waals surface area (Å²) >= 11 is -0.204. The number of hydrogen-bond donors (Lipinski definition) is 0. The first-order chi connectivity index (χ1) is 17.1. The number of hydrogen-bond acceptors (Lipinski definition) is 7. The summed E-state index contributed by atoms with van der Waals surface area (Å²) in [4.78, 5) is 32.3. The molecule has 188 valence electrons. The number of alkyl halides is 3. The van der Waals surface area contributed by atoms with Crippen LogP contribution >= 0.6 is 11.8 Å². The number of thioether (sulfide) groups is 1. The lowest BCUT2D eigenvalue weighted by Crippen LogP contribution is -2.51. The average Bonchev–Trinajstić information content (AvgIpc) is 3.10. The Balaban J connectivity index is 1.62. The Bertz CT molecular complexity index is 1220. The predicted molar refractivity (Wildman–Crippen MR) is 131 cm³/mol. The Hall–Kier alpha value is -3.37. The SMILES string of the molecule is CC1(C)C(C(=O)C=O)N(c2ccc(SC(F)(F)F)cc2)CN1Cc1ccncc1Oc1ccccc1. The van der Waals surface area contributed by atoms with Gasteiger partial charge in [-0.05, 0) is 68.1 Å². The number of ether oxygens (including phenoxy) is 1. The lowest BCUT2D eigenvalue weighted by Gasteiger charge is -2.34. The molecule has 0 amide bonds. The van der Waals surface area contributed by atoms with Gasteiger partial charge in [-0.3, -0.25) is 19.5 Å². The summed E-state index contributed by atoms with van der Waals surface area (Å²) < 4.78 is 44.2. The van der Waals surface area contributed by atoms with Gasteiger partial charge in [0.1, 0.15) is 17.5 Å². The molecule has 2 heterocycles. The van der Waals surface area contributed by atoms with Crippen LogP contribution in [0.15, 0.2) is 78.0 Å². The molecular formula is C26H24F3N3O3S. The van der Waals surface area contributed by atoms with Crippen LogP contribution in [0.3, 0.4) is 0 Å². The maximum absolute atomic E-state index is 12.8. The summed E-state index contributed by atoms with van der Waals surface area (Å²) in [6.07, 6.45) is 3.57. The topological polar surface area (TPSA) is 62.7 Å². The molecule has 36 heavy (non-hydrogen) atoms. The van der Waals surface area contributed by atoms with Crippen molar-refractivity contribution >= 4 is 29.5 Å².